The fourth-order valence-electron chi connectivity index (χ4n) is 1.55. The fourth-order valence-corrected chi connectivity index (χ4v) is 3.19. The second kappa shape index (κ2) is 8.01. The minimum absolute atomic E-state index is 0.0766. The molecule has 0 saturated carbocycles. The first-order valence-corrected chi connectivity index (χ1v) is 10.2. The second-order valence-corrected chi connectivity index (χ2v) is 5.83. The van der Waals surface area contributed by atoms with Crippen molar-refractivity contribution in [2.24, 2.45) is 0 Å². The number of amides is 1. The van der Waals surface area contributed by atoms with Crippen molar-refractivity contribution < 1.29 is 4.79 Å². The Bertz CT molecular complexity index is 511. The lowest BCUT2D eigenvalue weighted by atomic mass is 10.3. The third-order valence-corrected chi connectivity index (χ3v) is 4.56. The van der Waals surface area contributed by atoms with Gasteiger partial charge in [-0.05, 0) is 22.0 Å². The molecule has 1 aliphatic rings. The van der Waals surface area contributed by atoms with Crippen LogP contribution in [0.25, 0.3) is 0 Å². The van der Waals surface area contributed by atoms with Crippen molar-refractivity contribution in [2.45, 2.75) is 13.8 Å². The van der Waals surface area contributed by atoms with Crippen LogP contribution in [0.1, 0.15) is 13.8 Å². The van der Waals surface area contributed by atoms with Crippen molar-refractivity contribution in [1.29, 1.82) is 0 Å². The van der Waals surface area contributed by atoms with Gasteiger partial charge in [-0.3, -0.25) is 9.59 Å². The molecule has 1 aliphatic heterocycles. The first-order chi connectivity index (χ1) is 9.13. The molecule has 1 aromatic rings. The molecular formula is C10H15ClIN4O2P. The molecule has 0 spiro atoms. The van der Waals surface area contributed by atoms with Crippen LogP contribution in [0.4, 0.5) is 5.69 Å². The quantitative estimate of drug-likeness (QED) is 0.588. The zero-order valence-corrected chi connectivity index (χ0v) is 14.5. The topological polar surface area (TPSA) is 67.2 Å². The number of carbonyl (C=O) groups excluding carboxylic acids is 1. The molecule has 1 N–H and O–H groups in total. The molecule has 1 unspecified atom stereocenters. The number of nitrogens with zero attached hydrogens (tertiary/aromatic N) is 3. The van der Waals surface area contributed by atoms with Gasteiger partial charge in [0.05, 0.1) is 24.8 Å². The normalized spacial score (nSPS) is 15.2. The Morgan fingerprint density at radius 3 is 2.74 bits per heavy atom. The SMILES string of the molecule is CC.O=C1CN(c2cnn(PI)c(=O)c2Cl)CCN1. The zero-order valence-electron chi connectivity index (χ0n) is 10.6. The minimum atomic E-state index is -0.317. The maximum Gasteiger partial charge on any atom is 0.291 e. The number of piperazine rings is 1. The van der Waals surface area contributed by atoms with Gasteiger partial charge >= 0.3 is 0 Å². The Hall–Kier alpha value is -0.400. The number of aromatic nitrogens is 2. The molecule has 1 aromatic heterocycles. The third-order valence-electron chi connectivity index (χ3n) is 2.36. The first-order valence-electron chi connectivity index (χ1n) is 5.79. The lowest BCUT2D eigenvalue weighted by Gasteiger charge is -2.28. The van der Waals surface area contributed by atoms with E-state index < -0.39 is 0 Å². The summed E-state index contributed by atoms with van der Waals surface area (Å²) in [5, 5.41) is 6.84. The van der Waals surface area contributed by atoms with Crippen LogP contribution in [-0.4, -0.2) is 35.1 Å². The Morgan fingerprint density at radius 2 is 2.16 bits per heavy atom. The van der Waals surface area contributed by atoms with Crippen LogP contribution in [0.5, 0.6) is 0 Å². The summed E-state index contributed by atoms with van der Waals surface area (Å²) in [6.45, 7) is 5.38. The predicted octanol–water partition coefficient (Wildman–Crippen LogP) is 1.65. The molecular weight excluding hydrogens is 401 g/mol. The average Bonchev–Trinajstić information content (AvgIpc) is 2.44. The van der Waals surface area contributed by atoms with Crippen LogP contribution in [-0.2, 0) is 4.79 Å². The number of hydrogen-bond acceptors (Lipinski definition) is 4. The highest BCUT2D eigenvalue weighted by atomic mass is 127. The summed E-state index contributed by atoms with van der Waals surface area (Å²) in [6.07, 6.45) is 1.74. The first kappa shape index (κ1) is 16.7. The van der Waals surface area contributed by atoms with E-state index in [1.54, 1.807) is 4.90 Å². The number of nitrogens with one attached hydrogen (secondary N) is 1. The van der Waals surface area contributed by atoms with Gasteiger partial charge in [0.1, 0.15) is 5.02 Å². The molecule has 19 heavy (non-hydrogen) atoms. The summed E-state index contributed by atoms with van der Waals surface area (Å²) in [7, 11) is 0. The number of carbonyl (C=O) groups is 1. The molecule has 1 amide bonds. The molecule has 1 saturated heterocycles. The summed E-state index contributed by atoms with van der Waals surface area (Å²) < 4.78 is 1.30. The molecule has 2 rings (SSSR count). The van der Waals surface area contributed by atoms with Gasteiger partial charge < -0.3 is 10.2 Å². The van der Waals surface area contributed by atoms with Crippen LogP contribution in [0, 0.1) is 0 Å². The van der Waals surface area contributed by atoms with E-state index in [4.69, 9.17) is 11.6 Å². The highest BCUT2D eigenvalue weighted by Gasteiger charge is 2.20. The highest BCUT2D eigenvalue weighted by Crippen LogP contribution is 2.25. The van der Waals surface area contributed by atoms with Gasteiger partial charge in [0.15, 0.2) is 0 Å². The predicted molar refractivity (Wildman–Crippen MR) is 87.8 cm³/mol. The van der Waals surface area contributed by atoms with E-state index in [2.05, 4.69) is 32.5 Å². The van der Waals surface area contributed by atoms with Gasteiger partial charge in [-0.25, -0.2) is 4.45 Å². The van der Waals surface area contributed by atoms with Crippen molar-refractivity contribution in [2.75, 3.05) is 24.5 Å². The smallest absolute Gasteiger partial charge is 0.291 e. The van der Waals surface area contributed by atoms with E-state index in [9.17, 15) is 9.59 Å². The monoisotopic (exact) mass is 416 g/mol. The molecule has 6 nitrogen and oxygen atoms in total. The van der Waals surface area contributed by atoms with Gasteiger partial charge in [-0.2, -0.15) is 5.10 Å². The summed E-state index contributed by atoms with van der Waals surface area (Å²) in [5.74, 6) is -0.0766. The number of anilines is 1. The average molecular weight is 417 g/mol. The standard InChI is InChI=1S/C8H9ClIN4O2P.C2H6/c9-7-5(3-12-14(17-10)8(7)16)13-2-1-11-6(15)4-13;1-2/h3,17H,1-2,4H2,(H,11,15);1-2H3. The molecule has 1 fully saturated rings. The third kappa shape index (κ3) is 4.03. The van der Waals surface area contributed by atoms with Crippen molar-refractivity contribution >= 4 is 51.6 Å². The number of hydrogen-bond donors (Lipinski definition) is 1. The Kier molecular flexibility index (Phi) is 7.02. The van der Waals surface area contributed by atoms with Crippen molar-refractivity contribution in [3.63, 3.8) is 0 Å². The molecule has 0 aliphatic carbocycles. The summed E-state index contributed by atoms with van der Waals surface area (Å²) in [6, 6.07) is 0. The van der Waals surface area contributed by atoms with Crippen LogP contribution in [0.15, 0.2) is 11.0 Å². The van der Waals surface area contributed by atoms with Gasteiger partial charge in [0.25, 0.3) is 5.56 Å². The second-order valence-electron chi connectivity index (χ2n) is 3.42. The Labute approximate surface area is 131 Å². The maximum atomic E-state index is 11.8. The molecule has 0 bridgehead atoms. The van der Waals surface area contributed by atoms with Gasteiger partial charge in [-0.15, -0.1) is 0 Å². The van der Waals surface area contributed by atoms with E-state index in [0.29, 0.717) is 18.8 Å². The summed E-state index contributed by atoms with van der Waals surface area (Å²) in [5.41, 5.74) is 0.209. The molecule has 1 atom stereocenters. The molecule has 0 aromatic carbocycles. The van der Waals surface area contributed by atoms with Gasteiger partial charge in [0, 0.05) is 13.1 Å². The van der Waals surface area contributed by atoms with Gasteiger partial charge in [-0.1, -0.05) is 25.4 Å². The van der Waals surface area contributed by atoms with Crippen LogP contribution in [0.2, 0.25) is 5.02 Å². The van der Waals surface area contributed by atoms with Gasteiger partial charge in [0.2, 0.25) is 5.91 Å². The van der Waals surface area contributed by atoms with Crippen LogP contribution < -0.4 is 15.8 Å². The number of halogens is 2. The van der Waals surface area contributed by atoms with Crippen LogP contribution in [0.3, 0.4) is 0 Å². The van der Waals surface area contributed by atoms with Crippen molar-refractivity contribution in [3.05, 3.63) is 21.6 Å². The van der Waals surface area contributed by atoms with Crippen LogP contribution >= 0.6 is 40.0 Å². The molecule has 106 valence electrons. The fraction of sp³-hybridized carbons (Fsp3) is 0.500. The summed E-state index contributed by atoms with van der Waals surface area (Å²) in [4.78, 5) is 24.8. The van der Waals surface area contributed by atoms with Crippen molar-refractivity contribution in [3.8, 4) is 0 Å². The highest BCUT2D eigenvalue weighted by molar-refractivity contribution is 14.2. The van der Waals surface area contributed by atoms with E-state index in [0.717, 1.165) is 0 Å². The maximum absolute atomic E-state index is 11.8. The molecule has 9 heteroatoms. The Balaban J connectivity index is 0.000000861. The lowest BCUT2D eigenvalue weighted by molar-refractivity contribution is -0.120. The number of rotatable bonds is 2. The largest absolute Gasteiger partial charge is 0.358 e. The Morgan fingerprint density at radius 1 is 1.47 bits per heavy atom. The van der Waals surface area contributed by atoms with E-state index in [-0.39, 0.29) is 29.4 Å². The van der Waals surface area contributed by atoms with E-state index >= 15 is 0 Å². The lowest BCUT2D eigenvalue weighted by Crippen LogP contribution is -2.48. The summed E-state index contributed by atoms with van der Waals surface area (Å²) >= 11 is 8.07. The molecule has 2 heterocycles. The zero-order chi connectivity index (χ0) is 14.4. The minimum Gasteiger partial charge on any atom is -0.358 e. The van der Waals surface area contributed by atoms with E-state index in [1.165, 1.54) is 10.6 Å². The van der Waals surface area contributed by atoms with E-state index in [1.807, 2.05) is 13.8 Å². The molecule has 0 radical (unpaired) electrons. The van der Waals surface area contributed by atoms with Crippen molar-refractivity contribution in [1.82, 2.24) is 14.9 Å².